The number of fused-ring (bicyclic) bond motifs is 2. The van der Waals surface area contributed by atoms with Crippen molar-refractivity contribution in [2.24, 2.45) is 0 Å². The van der Waals surface area contributed by atoms with Crippen molar-refractivity contribution in [3.8, 4) is 5.75 Å². The minimum Gasteiger partial charge on any atom is -0.485 e. The number of hydrogen-bond acceptors (Lipinski definition) is 3. The van der Waals surface area contributed by atoms with Gasteiger partial charge >= 0.3 is 0 Å². The molecular formula is C21H26N2O. The fourth-order valence-corrected chi connectivity index (χ4v) is 3.32. The van der Waals surface area contributed by atoms with Gasteiger partial charge in [0.05, 0.1) is 12.2 Å². The Morgan fingerprint density at radius 2 is 1.88 bits per heavy atom. The first-order valence-corrected chi connectivity index (χ1v) is 8.52. The maximum atomic E-state index is 6.08. The van der Waals surface area contributed by atoms with E-state index in [0.29, 0.717) is 0 Å². The van der Waals surface area contributed by atoms with Gasteiger partial charge in [-0.2, -0.15) is 0 Å². The van der Waals surface area contributed by atoms with Gasteiger partial charge in [0.1, 0.15) is 11.9 Å². The predicted molar refractivity (Wildman–Crippen MR) is 104 cm³/mol. The van der Waals surface area contributed by atoms with Crippen LogP contribution in [0.15, 0.2) is 66.7 Å². The minimum atomic E-state index is 0. The highest BCUT2D eigenvalue weighted by Gasteiger charge is 2.19. The first kappa shape index (κ1) is 15.0. The van der Waals surface area contributed by atoms with Gasteiger partial charge in [-0.15, -0.1) is 0 Å². The summed E-state index contributed by atoms with van der Waals surface area (Å²) in [6.45, 7) is 3.85. The Balaban J connectivity index is 0.00000121. The lowest BCUT2D eigenvalue weighted by atomic mass is 9.99. The number of ether oxygens (including phenoxy) is 1. The maximum absolute atomic E-state index is 6.08. The van der Waals surface area contributed by atoms with Crippen molar-refractivity contribution >= 4 is 16.5 Å². The van der Waals surface area contributed by atoms with Crippen LogP contribution in [0.4, 0.5) is 5.69 Å². The summed E-state index contributed by atoms with van der Waals surface area (Å²) in [6.07, 6.45) is 0.136. The van der Waals surface area contributed by atoms with E-state index < -0.39 is 0 Å². The Labute approximate surface area is 145 Å². The number of para-hydroxylation sites is 2. The average molecular weight is 322 g/mol. The third-order valence-corrected chi connectivity index (χ3v) is 4.64. The summed E-state index contributed by atoms with van der Waals surface area (Å²) in [5.41, 5.74) is 2.41. The monoisotopic (exact) mass is 322 g/mol. The Kier molecular flexibility index (Phi) is 4.09. The predicted octanol–water partition coefficient (Wildman–Crippen LogP) is 4.86. The molecule has 0 spiro atoms. The summed E-state index contributed by atoms with van der Waals surface area (Å²) in [5, 5.41) is 9.67. The van der Waals surface area contributed by atoms with Gasteiger partial charge in [-0.25, -0.2) is 0 Å². The first-order valence-electron chi connectivity index (χ1n) is 8.52. The Morgan fingerprint density at radius 1 is 1.08 bits per heavy atom. The lowest BCUT2D eigenvalue weighted by Crippen LogP contribution is -2.40. The van der Waals surface area contributed by atoms with Crippen LogP contribution in [0.1, 0.15) is 21.4 Å². The number of anilines is 1. The lowest BCUT2D eigenvalue weighted by Gasteiger charge is -2.28. The Morgan fingerprint density at radius 3 is 2.83 bits per heavy atom. The normalized spacial score (nSPS) is 17.6. The second-order valence-electron chi connectivity index (χ2n) is 6.32. The summed E-state index contributed by atoms with van der Waals surface area (Å²) in [7, 11) is 0. The van der Waals surface area contributed by atoms with Crippen molar-refractivity contribution < 1.29 is 7.59 Å². The third-order valence-electron chi connectivity index (χ3n) is 4.64. The van der Waals surface area contributed by atoms with E-state index >= 15 is 0 Å². The van der Waals surface area contributed by atoms with Gasteiger partial charge in [0.25, 0.3) is 0 Å². The van der Waals surface area contributed by atoms with Crippen LogP contribution in [0.5, 0.6) is 5.75 Å². The highest BCUT2D eigenvalue weighted by atomic mass is 16.5. The fourth-order valence-electron chi connectivity index (χ4n) is 3.32. The van der Waals surface area contributed by atoms with Crippen molar-refractivity contribution in [1.82, 2.24) is 5.32 Å². The van der Waals surface area contributed by atoms with Crippen LogP contribution in [0.25, 0.3) is 10.8 Å². The second-order valence-corrected chi connectivity index (χ2v) is 6.32. The van der Waals surface area contributed by atoms with E-state index in [0.717, 1.165) is 24.5 Å². The number of rotatable bonds is 4. The van der Waals surface area contributed by atoms with Gasteiger partial charge in [0, 0.05) is 15.4 Å². The zero-order valence-electron chi connectivity index (χ0n) is 13.8. The smallest absolute Gasteiger partial charge is 0.142 e. The number of hydrogen-bond donors (Lipinski definition) is 2. The van der Waals surface area contributed by atoms with E-state index in [-0.39, 0.29) is 15.0 Å². The maximum Gasteiger partial charge on any atom is 0.142 e. The molecule has 3 heteroatoms. The summed E-state index contributed by atoms with van der Waals surface area (Å²) < 4.78 is 6.08. The highest BCUT2D eigenvalue weighted by molar-refractivity contribution is 5.86. The molecule has 4 rings (SSSR count). The Hall–Kier alpha value is -2.52. The van der Waals surface area contributed by atoms with Crippen molar-refractivity contribution in [2.45, 2.75) is 19.1 Å². The molecule has 3 aromatic carbocycles. The molecule has 3 aromatic rings. The van der Waals surface area contributed by atoms with Crippen LogP contribution in [-0.4, -0.2) is 19.2 Å². The molecule has 1 aliphatic rings. The second kappa shape index (κ2) is 6.54. The van der Waals surface area contributed by atoms with Gasteiger partial charge in [-0.05, 0) is 35.4 Å². The van der Waals surface area contributed by atoms with E-state index in [2.05, 4.69) is 66.1 Å². The van der Waals surface area contributed by atoms with Crippen LogP contribution >= 0.6 is 0 Å². The highest BCUT2D eigenvalue weighted by Crippen LogP contribution is 2.28. The van der Waals surface area contributed by atoms with E-state index in [1.807, 2.05) is 18.2 Å². The topological polar surface area (TPSA) is 33.3 Å². The van der Waals surface area contributed by atoms with Gasteiger partial charge in [-0.1, -0.05) is 54.6 Å². The number of benzene rings is 3. The molecular weight excluding hydrogens is 296 g/mol. The minimum absolute atomic E-state index is 0. The molecule has 2 N–H and O–H groups in total. The molecule has 0 saturated heterocycles. The SMILES string of the molecule is C[C@@H](NCC1CNc2ccccc2O1)c1cccc2ccccc12.[HH].[HH]. The fraction of sp³-hybridized carbons (Fsp3) is 0.238. The largest absolute Gasteiger partial charge is 0.485 e. The first-order chi connectivity index (χ1) is 11.8. The lowest BCUT2D eigenvalue weighted by molar-refractivity contribution is 0.198. The van der Waals surface area contributed by atoms with Crippen molar-refractivity contribution in [2.75, 3.05) is 18.4 Å². The molecule has 0 radical (unpaired) electrons. The molecule has 1 aliphatic heterocycles. The van der Waals surface area contributed by atoms with Gasteiger partial charge < -0.3 is 15.4 Å². The van der Waals surface area contributed by atoms with E-state index in [1.165, 1.54) is 16.3 Å². The van der Waals surface area contributed by atoms with Crippen molar-refractivity contribution in [1.29, 1.82) is 0 Å². The van der Waals surface area contributed by atoms with Gasteiger partial charge in [-0.3, -0.25) is 0 Å². The number of nitrogens with one attached hydrogen (secondary N) is 2. The van der Waals surface area contributed by atoms with Crippen LogP contribution in [-0.2, 0) is 0 Å². The van der Waals surface area contributed by atoms with E-state index in [4.69, 9.17) is 4.74 Å². The van der Waals surface area contributed by atoms with Gasteiger partial charge in [0.2, 0.25) is 0 Å². The van der Waals surface area contributed by atoms with Crippen LogP contribution < -0.4 is 15.4 Å². The molecule has 0 saturated carbocycles. The summed E-state index contributed by atoms with van der Waals surface area (Å²) in [5.74, 6) is 0.938. The van der Waals surface area contributed by atoms with Crippen LogP contribution in [0.2, 0.25) is 0 Å². The molecule has 0 aliphatic carbocycles. The van der Waals surface area contributed by atoms with E-state index in [9.17, 15) is 0 Å². The van der Waals surface area contributed by atoms with Crippen LogP contribution in [0, 0.1) is 0 Å². The summed E-state index contributed by atoms with van der Waals surface area (Å²) >= 11 is 0. The zero-order chi connectivity index (χ0) is 16.4. The standard InChI is InChI=1S/C21H22N2O.2H2/c1-15(18-10-6-8-16-7-2-3-9-19(16)18)22-13-17-14-23-20-11-4-5-12-21(20)24-17;;/h2-12,15,17,22-23H,13-14H2,1H3;2*1H/t15-,17?;;/m1../s1. The molecule has 1 unspecified atom stereocenters. The molecule has 24 heavy (non-hydrogen) atoms. The van der Waals surface area contributed by atoms with E-state index in [1.54, 1.807) is 0 Å². The molecule has 0 fully saturated rings. The molecule has 2 atom stereocenters. The molecule has 126 valence electrons. The summed E-state index contributed by atoms with van der Waals surface area (Å²) in [4.78, 5) is 0. The Bertz CT molecular complexity index is 851. The third kappa shape index (κ3) is 2.95. The summed E-state index contributed by atoms with van der Waals surface area (Å²) in [6, 6.07) is 23.4. The van der Waals surface area contributed by atoms with Crippen molar-refractivity contribution in [3.05, 3.63) is 72.3 Å². The van der Waals surface area contributed by atoms with Gasteiger partial charge in [0.15, 0.2) is 0 Å². The molecule has 0 bridgehead atoms. The molecule has 0 amide bonds. The molecule has 0 aromatic heterocycles. The molecule has 3 nitrogen and oxygen atoms in total. The average Bonchev–Trinajstić information content (AvgIpc) is 2.65. The van der Waals surface area contributed by atoms with Crippen molar-refractivity contribution in [3.63, 3.8) is 0 Å². The quantitative estimate of drug-likeness (QED) is 0.720. The molecule has 1 heterocycles. The van der Waals surface area contributed by atoms with Crippen LogP contribution in [0.3, 0.4) is 0 Å². The zero-order valence-corrected chi connectivity index (χ0v) is 13.8.